The number of nitrogens with one attached hydrogen (secondary N) is 1. The van der Waals surface area contributed by atoms with E-state index in [1.54, 1.807) is 22.7 Å². The third-order valence-corrected chi connectivity index (χ3v) is 6.98. The first-order chi connectivity index (χ1) is 14.1. The van der Waals surface area contributed by atoms with Gasteiger partial charge < -0.3 is 10.2 Å². The largest absolute Gasteiger partial charge is 0.349 e. The van der Waals surface area contributed by atoms with Crippen molar-refractivity contribution < 1.29 is 9.59 Å². The Balaban J connectivity index is 1.67. The van der Waals surface area contributed by atoms with E-state index in [0.717, 1.165) is 34.7 Å². The predicted molar refractivity (Wildman–Crippen MR) is 118 cm³/mol. The van der Waals surface area contributed by atoms with Gasteiger partial charge in [0.25, 0.3) is 11.8 Å². The number of rotatable bonds is 4. The van der Waals surface area contributed by atoms with Crippen LogP contribution in [0.1, 0.15) is 53.3 Å². The average molecular weight is 407 g/mol. The molecule has 5 heteroatoms. The fourth-order valence-corrected chi connectivity index (χ4v) is 5.21. The van der Waals surface area contributed by atoms with E-state index in [2.05, 4.69) is 18.8 Å². The Bertz CT molecular complexity index is 956. The van der Waals surface area contributed by atoms with Crippen LogP contribution < -0.4 is 10.2 Å². The summed E-state index contributed by atoms with van der Waals surface area (Å²) >= 11 is 1.56. The molecule has 4 nitrogen and oxygen atoms in total. The first kappa shape index (κ1) is 19.8. The van der Waals surface area contributed by atoms with E-state index < -0.39 is 0 Å². The molecule has 1 fully saturated rings. The maximum absolute atomic E-state index is 13.2. The highest BCUT2D eigenvalue weighted by atomic mass is 32.2. The molecule has 2 aliphatic rings. The van der Waals surface area contributed by atoms with Gasteiger partial charge in [0.15, 0.2) is 0 Å². The molecule has 2 aromatic carbocycles. The van der Waals surface area contributed by atoms with Gasteiger partial charge in [-0.15, -0.1) is 6.58 Å². The normalized spacial score (nSPS) is 21.0. The molecule has 150 valence electrons. The van der Waals surface area contributed by atoms with Crippen molar-refractivity contribution in [3.05, 3.63) is 66.2 Å². The zero-order chi connectivity index (χ0) is 20.4. The second-order valence-corrected chi connectivity index (χ2v) is 8.91. The number of carbonyl (C=O) groups excluding carboxylic acids is 2. The highest BCUT2D eigenvalue weighted by Gasteiger charge is 2.28. The summed E-state index contributed by atoms with van der Waals surface area (Å²) in [5.41, 5.74) is 2.04. The van der Waals surface area contributed by atoms with Crippen molar-refractivity contribution in [2.45, 2.75) is 48.4 Å². The minimum atomic E-state index is -0.0655. The lowest BCUT2D eigenvalue weighted by atomic mass is 9.86. The molecule has 0 radical (unpaired) electrons. The van der Waals surface area contributed by atoms with E-state index in [1.165, 1.54) is 6.42 Å². The van der Waals surface area contributed by atoms with Crippen LogP contribution >= 0.6 is 11.8 Å². The maximum atomic E-state index is 13.2. The van der Waals surface area contributed by atoms with Crippen molar-refractivity contribution in [2.75, 3.05) is 11.4 Å². The number of benzene rings is 2. The second-order valence-electron chi connectivity index (χ2n) is 7.83. The van der Waals surface area contributed by atoms with Crippen LogP contribution in [0.3, 0.4) is 0 Å². The number of carbonyl (C=O) groups is 2. The van der Waals surface area contributed by atoms with Crippen molar-refractivity contribution in [1.29, 1.82) is 0 Å². The lowest BCUT2D eigenvalue weighted by Gasteiger charge is -2.29. The van der Waals surface area contributed by atoms with Gasteiger partial charge in [0.1, 0.15) is 0 Å². The molecule has 1 aliphatic carbocycles. The third kappa shape index (κ3) is 3.97. The smallest absolute Gasteiger partial charge is 0.259 e. The monoisotopic (exact) mass is 406 g/mol. The topological polar surface area (TPSA) is 49.4 Å². The molecule has 0 bridgehead atoms. The number of hydrogen-bond acceptors (Lipinski definition) is 3. The first-order valence-electron chi connectivity index (χ1n) is 10.2. The summed E-state index contributed by atoms with van der Waals surface area (Å²) in [7, 11) is 0. The standard InChI is InChI=1S/C24H26N2O2S/c1-3-14-26-20-15-17(23(27)25-19-10-6-4-8-16(19)2)12-13-22(20)29-21-11-7-5-9-18(21)24(26)28/h3,5,7,9,11-13,15-16,19H,1,4,6,8,10,14H2,2H3,(H,25,27). The summed E-state index contributed by atoms with van der Waals surface area (Å²) in [6.07, 6.45) is 6.31. The number of hydrogen-bond donors (Lipinski definition) is 1. The molecular formula is C24H26N2O2S. The van der Waals surface area contributed by atoms with Crippen LogP contribution in [-0.4, -0.2) is 24.4 Å². The Hall–Kier alpha value is -2.53. The molecule has 1 heterocycles. The van der Waals surface area contributed by atoms with Crippen LogP contribution in [-0.2, 0) is 0 Å². The first-order valence-corrected chi connectivity index (χ1v) is 11.0. The summed E-state index contributed by atoms with van der Waals surface area (Å²) in [5.74, 6) is 0.368. The average Bonchev–Trinajstić information content (AvgIpc) is 2.84. The molecule has 4 rings (SSSR count). The molecule has 1 N–H and O–H groups in total. The zero-order valence-corrected chi connectivity index (χ0v) is 17.5. The summed E-state index contributed by atoms with van der Waals surface area (Å²) in [4.78, 5) is 29.8. The van der Waals surface area contributed by atoms with Gasteiger partial charge in [0, 0.05) is 27.9 Å². The fraction of sp³-hybridized carbons (Fsp3) is 0.333. The fourth-order valence-electron chi connectivity index (χ4n) is 4.15. The maximum Gasteiger partial charge on any atom is 0.259 e. The molecule has 1 aliphatic heterocycles. The number of anilines is 1. The molecule has 2 atom stereocenters. The zero-order valence-electron chi connectivity index (χ0n) is 16.7. The van der Waals surface area contributed by atoms with Crippen molar-refractivity contribution in [3.63, 3.8) is 0 Å². The predicted octanol–water partition coefficient (Wildman–Crippen LogP) is 5.29. The third-order valence-electron chi connectivity index (χ3n) is 5.83. The van der Waals surface area contributed by atoms with Gasteiger partial charge in [-0.1, -0.05) is 49.7 Å². The van der Waals surface area contributed by atoms with E-state index in [1.807, 2.05) is 42.5 Å². The van der Waals surface area contributed by atoms with Gasteiger partial charge >= 0.3 is 0 Å². The molecular weight excluding hydrogens is 380 g/mol. The van der Waals surface area contributed by atoms with Gasteiger partial charge in [-0.3, -0.25) is 9.59 Å². The SMILES string of the molecule is C=CCN1C(=O)c2ccccc2Sc2ccc(C(=O)NC3CCCCC3C)cc21. The number of fused-ring (bicyclic) bond motifs is 2. The van der Waals surface area contributed by atoms with Gasteiger partial charge in [0.05, 0.1) is 11.3 Å². The van der Waals surface area contributed by atoms with E-state index >= 15 is 0 Å². The highest BCUT2D eigenvalue weighted by Crippen LogP contribution is 2.41. The Morgan fingerprint density at radius 3 is 2.79 bits per heavy atom. The molecule has 2 aromatic rings. The minimum absolute atomic E-state index is 0.0646. The highest BCUT2D eigenvalue weighted by molar-refractivity contribution is 7.99. The van der Waals surface area contributed by atoms with Crippen LogP contribution in [0.15, 0.2) is 64.9 Å². The summed E-state index contributed by atoms with van der Waals surface area (Å²) in [6.45, 7) is 6.41. The van der Waals surface area contributed by atoms with Crippen LogP contribution in [0.5, 0.6) is 0 Å². The van der Waals surface area contributed by atoms with Crippen molar-refractivity contribution in [1.82, 2.24) is 5.32 Å². The van der Waals surface area contributed by atoms with E-state index in [9.17, 15) is 9.59 Å². The lowest BCUT2D eigenvalue weighted by molar-refractivity contribution is 0.0908. The van der Waals surface area contributed by atoms with E-state index in [-0.39, 0.29) is 17.9 Å². The Morgan fingerprint density at radius 2 is 2.00 bits per heavy atom. The summed E-state index contributed by atoms with van der Waals surface area (Å²) in [6, 6.07) is 13.5. The van der Waals surface area contributed by atoms with Crippen molar-refractivity contribution in [2.24, 2.45) is 5.92 Å². The second kappa shape index (κ2) is 8.46. The molecule has 2 amide bonds. The van der Waals surface area contributed by atoms with Gasteiger partial charge in [-0.05, 0) is 49.1 Å². The molecule has 0 aromatic heterocycles. The Morgan fingerprint density at radius 1 is 1.21 bits per heavy atom. The Kier molecular flexibility index (Phi) is 5.76. The molecule has 0 saturated heterocycles. The van der Waals surface area contributed by atoms with Crippen LogP contribution in [0.4, 0.5) is 5.69 Å². The van der Waals surface area contributed by atoms with E-state index in [4.69, 9.17) is 0 Å². The molecule has 1 saturated carbocycles. The van der Waals surface area contributed by atoms with Crippen LogP contribution in [0.25, 0.3) is 0 Å². The van der Waals surface area contributed by atoms with Gasteiger partial charge in [-0.25, -0.2) is 0 Å². The quantitative estimate of drug-likeness (QED) is 0.702. The summed E-state index contributed by atoms with van der Waals surface area (Å²) < 4.78 is 0. The van der Waals surface area contributed by atoms with Crippen molar-refractivity contribution >= 4 is 29.3 Å². The lowest BCUT2D eigenvalue weighted by Crippen LogP contribution is -2.41. The Labute approximate surface area is 176 Å². The minimum Gasteiger partial charge on any atom is -0.349 e. The molecule has 0 spiro atoms. The number of amides is 2. The van der Waals surface area contributed by atoms with Gasteiger partial charge in [0.2, 0.25) is 0 Å². The molecule has 2 unspecified atom stereocenters. The van der Waals surface area contributed by atoms with E-state index in [0.29, 0.717) is 23.6 Å². The summed E-state index contributed by atoms with van der Waals surface area (Å²) in [5, 5.41) is 3.21. The van der Waals surface area contributed by atoms with Crippen molar-refractivity contribution in [3.8, 4) is 0 Å². The molecule has 29 heavy (non-hydrogen) atoms. The van der Waals surface area contributed by atoms with Gasteiger partial charge in [-0.2, -0.15) is 0 Å². The van der Waals surface area contributed by atoms with Crippen LogP contribution in [0.2, 0.25) is 0 Å². The van der Waals surface area contributed by atoms with Crippen LogP contribution in [0, 0.1) is 5.92 Å². The number of nitrogens with zero attached hydrogens (tertiary/aromatic N) is 1.